The van der Waals surface area contributed by atoms with Crippen molar-refractivity contribution in [3.63, 3.8) is 0 Å². The molecule has 0 fully saturated rings. The molecular weight excluding hydrogens is 269 g/mol. The van der Waals surface area contributed by atoms with E-state index < -0.39 is 37.1 Å². The molecule has 1 rings (SSSR count). The highest BCUT2D eigenvalue weighted by Crippen LogP contribution is 2.21. The van der Waals surface area contributed by atoms with Gasteiger partial charge in [0.05, 0.1) is 12.6 Å². The van der Waals surface area contributed by atoms with Crippen molar-refractivity contribution in [2.45, 2.75) is 32.1 Å². The minimum Gasteiger partial charge on any atom is -0.480 e. The predicted octanol–water partition coefficient (Wildman–Crippen LogP) is 0.433. The van der Waals surface area contributed by atoms with E-state index in [0.29, 0.717) is 0 Å². The van der Waals surface area contributed by atoms with E-state index in [9.17, 15) is 22.8 Å². The summed E-state index contributed by atoms with van der Waals surface area (Å²) in [4.78, 5) is 21.9. The number of nitrogens with one attached hydrogen (secondary N) is 1. The molecule has 0 saturated heterocycles. The number of carboxylic acids is 1. The van der Waals surface area contributed by atoms with Crippen LogP contribution in [0.15, 0.2) is 6.20 Å². The van der Waals surface area contributed by atoms with Crippen molar-refractivity contribution in [3.8, 4) is 0 Å². The molecule has 106 valence electrons. The molecule has 0 spiro atoms. The largest absolute Gasteiger partial charge is 0.480 e. The number of nitrogens with zero attached hydrogens (tertiary/aromatic N) is 3. The number of alkyl halides is 3. The Labute approximate surface area is 105 Å². The van der Waals surface area contributed by atoms with Crippen LogP contribution >= 0.6 is 0 Å². The zero-order valence-corrected chi connectivity index (χ0v) is 9.81. The number of amides is 1. The van der Waals surface area contributed by atoms with Crippen LogP contribution in [0.2, 0.25) is 0 Å². The second-order valence-electron chi connectivity index (χ2n) is 3.89. The smallest absolute Gasteiger partial charge is 0.391 e. The molecule has 0 aliphatic carbocycles. The van der Waals surface area contributed by atoms with Gasteiger partial charge in [0.1, 0.15) is 6.54 Å². The van der Waals surface area contributed by atoms with Crippen molar-refractivity contribution in [1.82, 2.24) is 20.3 Å². The number of carbonyl (C=O) groups excluding carboxylic acids is 1. The highest BCUT2D eigenvalue weighted by Gasteiger charge is 2.31. The first-order valence-electron chi connectivity index (χ1n) is 5.17. The molecule has 0 aliphatic rings. The number of halogens is 3. The number of hydrogen-bond donors (Lipinski definition) is 2. The molecule has 1 unspecified atom stereocenters. The van der Waals surface area contributed by atoms with Crippen molar-refractivity contribution < 1.29 is 27.9 Å². The monoisotopic (exact) mass is 280 g/mol. The molecule has 7 nitrogen and oxygen atoms in total. The molecule has 0 saturated carbocycles. The maximum absolute atomic E-state index is 12.1. The number of aliphatic carboxylic acids is 1. The second kappa shape index (κ2) is 5.67. The molecule has 1 aromatic rings. The third-order valence-electron chi connectivity index (χ3n) is 1.98. The van der Waals surface area contributed by atoms with Crippen LogP contribution in [-0.2, 0) is 11.3 Å². The van der Waals surface area contributed by atoms with Crippen molar-refractivity contribution in [2.75, 3.05) is 0 Å². The minimum atomic E-state index is -4.38. The summed E-state index contributed by atoms with van der Waals surface area (Å²) >= 11 is 0. The minimum absolute atomic E-state index is 0.240. The second-order valence-corrected chi connectivity index (χ2v) is 3.89. The molecule has 0 bridgehead atoms. The normalized spacial score (nSPS) is 13.1. The van der Waals surface area contributed by atoms with Crippen LogP contribution in [0.5, 0.6) is 0 Å². The number of carbonyl (C=O) groups is 2. The molecule has 1 aromatic heterocycles. The Kier molecular flexibility index (Phi) is 4.46. The highest BCUT2D eigenvalue weighted by atomic mass is 19.4. The van der Waals surface area contributed by atoms with Crippen molar-refractivity contribution in [1.29, 1.82) is 0 Å². The molecule has 0 aliphatic heterocycles. The molecule has 1 atom stereocenters. The molecular formula is C9H11F3N4O3. The Morgan fingerprint density at radius 2 is 2.16 bits per heavy atom. The van der Waals surface area contributed by atoms with Crippen molar-refractivity contribution in [3.05, 3.63) is 11.9 Å². The summed E-state index contributed by atoms with van der Waals surface area (Å²) in [6.07, 6.45) is -4.50. The fourth-order valence-electron chi connectivity index (χ4n) is 1.31. The summed E-state index contributed by atoms with van der Waals surface area (Å²) in [5.74, 6) is -2.02. The van der Waals surface area contributed by atoms with E-state index in [4.69, 9.17) is 5.11 Å². The Balaban J connectivity index is 2.58. The van der Waals surface area contributed by atoms with Crippen LogP contribution in [0, 0.1) is 0 Å². The van der Waals surface area contributed by atoms with Crippen LogP contribution in [0.1, 0.15) is 23.8 Å². The van der Waals surface area contributed by atoms with Gasteiger partial charge in [-0.3, -0.25) is 9.59 Å². The van der Waals surface area contributed by atoms with E-state index in [2.05, 4.69) is 15.6 Å². The Hall–Kier alpha value is -2.13. The van der Waals surface area contributed by atoms with Crippen LogP contribution in [0.3, 0.4) is 0 Å². The maximum Gasteiger partial charge on any atom is 0.391 e. The van der Waals surface area contributed by atoms with Gasteiger partial charge < -0.3 is 10.4 Å². The van der Waals surface area contributed by atoms with Crippen LogP contribution in [0.4, 0.5) is 13.2 Å². The quantitative estimate of drug-likeness (QED) is 0.815. The summed E-state index contributed by atoms with van der Waals surface area (Å²) in [6.45, 7) is 0.714. The average Bonchev–Trinajstić information content (AvgIpc) is 2.61. The van der Waals surface area contributed by atoms with Gasteiger partial charge in [-0.1, -0.05) is 5.21 Å². The first-order chi connectivity index (χ1) is 8.67. The summed E-state index contributed by atoms with van der Waals surface area (Å²) in [6, 6.07) is -1.11. The predicted molar refractivity (Wildman–Crippen MR) is 55.3 cm³/mol. The summed E-state index contributed by atoms with van der Waals surface area (Å²) < 4.78 is 37.1. The standard InChI is InChI=1S/C9H11F3N4O3/c1-5(2-9(10,11)12)13-8(19)6-3-16(15-14-6)4-7(17)18/h3,5H,2,4H2,1H3,(H,13,19)(H,17,18). The first kappa shape index (κ1) is 14.9. The van der Waals surface area contributed by atoms with Crippen molar-refractivity contribution >= 4 is 11.9 Å². The lowest BCUT2D eigenvalue weighted by atomic mass is 10.2. The zero-order chi connectivity index (χ0) is 14.6. The molecule has 0 aromatic carbocycles. The number of carboxylic acid groups (broad SMARTS) is 1. The molecule has 0 radical (unpaired) electrons. The van der Waals surface area contributed by atoms with E-state index >= 15 is 0 Å². The zero-order valence-electron chi connectivity index (χ0n) is 9.81. The molecule has 2 N–H and O–H groups in total. The van der Waals surface area contributed by atoms with Gasteiger partial charge in [-0.05, 0) is 6.92 Å². The van der Waals surface area contributed by atoms with Gasteiger partial charge in [0.15, 0.2) is 5.69 Å². The Morgan fingerprint density at radius 3 is 2.68 bits per heavy atom. The molecule has 1 heterocycles. The van der Waals surface area contributed by atoms with Gasteiger partial charge in [-0.2, -0.15) is 13.2 Å². The maximum atomic E-state index is 12.1. The van der Waals surface area contributed by atoms with Gasteiger partial charge in [0.25, 0.3) is 5.91 Å². The fourth-order valence-corrected chi connectivity index (χ4v) is 1.31. The van der Waals surface area contributed by atoms with E-state index in [1.54, 1.807) is 0 Å². The molecule has 19 heavy (non-hydrogen) atoms. The van der Waals surface area contributed by atoms with Gasteiger partial charge >= 0.3 is 12.1 Å². The summed E-state index contributed by atoms with van der Waals surface area (Å²) in [5, 5.41) is 17.3. The van der Waals surface area contributed by atoms with E-state index in [1.807, 2.05) is 0 Å². The van der Waals surface area contributed by atoms with Crippen molar-refractivity contribution in [2.24, 2.45) is 0 Å². The molecule has 1 amide bonds. The van der Waals surface area contributed by atoms with Crippen LogP contribution < -0.4 is 5.32 Å². The van der Waals surface area contributed by atoms with E-state index in [-0.39, 0.29) is 5.69 Å². The molecule has 10 heteroatoms. The van der Waals surface area contributed by atoms with Crippen LogP contribution in [-0.4, -0.2) is 44.2 Å². The van der Waals surface area contributed by atoms with Gasteiger partial charge in [-0.25, -0.2) is 4.68 Å². The van der Waals surface area contributed by atoms with E-state index in [0.717, 1.165) is 10.9 Å². The number of rotatable bonds is 5. The summed E-state index contributed by atoms with van der Waals surface area (Å²) in [7, 11) is 0. The SMILES string of the molecule is CC(CC(F)(F)F)NC(=O)c1cn(CC(=O)O)nn1. The number of aromatic nitrogens is 3. The fraction of sp³-hybridized carbons (Fsp3) is 0.556. The third kappa shape index (κ3) is 5.36. The summed E-state index contributed by atoms with van der Waals surface area (Å²) in [5.41, 5.74) is -0.240. The average molecular weight is 280 g/mol. The Bertz CT molecular complexity index is 472. The lowest BCUT2D eigenvalue weighted by Crippen LogP contribution is -2.36. The number of hydrogen-bond acceptors (Lipinski definition) is 4. The van der Waals surface area contributed by atoms with Gasteiger partial charge in [-0.15, -0.1) is 5.10 Å². The first-order valence-corrected chi connectivity index (χ1v) is 5.17. The topological polar surface area (TPSA) is 97.1 Å². The van der Waals surface area contributed by atoms with Gasteiger partial charge in [0.2, 0.25) is 0 Å². The third-order valence-corrected chi connectivity index (χ3v) is 1.98. The lowest BCUT2D eigenvalue weighted by molar-refractivity contribution is -0.139. The van der Waals surface area contributed by atoms with Gasteiger partial charge in [0, 0.05) is 6.04 Å². The van der Waals surface area contributed by atoms with Crippen LogP contribution in [0.25, 0.3) is 0 Å². The van der Waals surface area contributed by atoms with E-state index in [1.165, 1.54) is 6.92 Å². The highest BCUT2D eigenvalue weighted by molar-refractivity contribution is 5.92. The Morgan fingerprint density at radius 1 is 1.53 bits per heavy atom. The lowest BCUT2D eigenvalue weighted by Gasteiger charge is -2.14.